The Balaban J connectivity index is 1.77. The van der Waals surface area contributed by atoms with Crippen molar-refractivity contribution in [1.29, 1.82) is 0 Å². The number of ether oxygens (including phenoxy) is 1. The van der Waals surface area contributed by atoms with Gasteiger partial charge in [-0.25, -0.2) is 0 Å². The summed E-state index contributed by atoms with van der Waals surface area (Å²) in [5, 5.41) is 5.46. The van der Waals surface area contributed by atoms with Crippen molar-refractivity contribution < 1.29 is 4.74 Å². The van der Waals surface area contributed by atoms with Crippen molar-refractivity contribution in [2.75, 3.05) is 6.61 Å². The molecule has 1 nitrogen and oxygen atoms in total. The Morgan fingerprint density at radius 3 is 1.74 bits per heavy atom. The van der Waals surface area contributed by atoms with E-state index in [0.717, 1.165) is 57.7 Å². The van der Waals surface area contributed by atoms with Crippen molar-refractivity contribution in [3.63, 3.8) is 0 Å². The summed E-state index contributed by atoms with van der Waals surface area (Å²) in [7, 11) is 0. The molecule has 0 saturated carbocycles. The van der Waals surface area contributed by atoms with Gasteiger partial charge in [-0.15, -0.1) is 0 Å². The number of fused-ring (bicyclic) bond motifs is 2. The Kier molecular flexibility index (Phi) is 7.17. The minimum atomic E-state index is 0.713. The molecular weight excluding hydrogens is 457 g/mol. The fourth-order valence-electron chi connectivity index (χ4n) is 4.15. The molecular formula is C26H24OS4. The smallest absolute Gasteiger partial charge is 0.119 e. The van der Waals surface area contributed by atoms with Gasteiger partial charge in [-0.05, 0) is 24.6 Å². The monoisotopic (exact) mass is 480 g/mol. The fraction of sp³-hybridized carbons (Fsp3) is 0.308. The van der Waals surface area contributed by atoms with Gasteiger partial charge < -0.3 is 4.74 Å². The van der Waals surface area contributed by atoms with Gasteiger partial charge in [0.2, 0.25) is 0 Å². The van der Waals surface area contributed by atoms with E-state index in [1.54, 1.807) is 0 Å². The highest BCUT2D eigenvalue weighted by atomic mass is 32.1. The SMILES string of the molecule is CCCCCCCCOc1ccc2c(=S)c3c(=S)c4ccccc4c(=S)c=3c(=S)c2c1. The Morgan fingerprint density at radius 2 is 1.13 bits per heavy atom. The van der Waals surface area contributed by atoms with Crippen LogP contribution in [-0.2, 0) is 0 Å². The molecule has 0 amide bonds. The molecule has 0 aliphatic heterocycles. The predicted octanol–water partition coefficient (Wildman–Crippen LogP) is 9.25. The molecule has 158 valence electrons. The van der Waals surface area contributed by atoms with E-state index in [1.807, 2.05) is 42.5 Å². The van der Waals surface area contributed by atoms with Crippen LogP contribution in [0.25, 0.3) is 21.5 Å². The first-order valence-corrected chi connectivity index (χ1v) is 12.5. The summed E-state index contributed by atoms with van der Waals surface area (Å²) in [6.45, 7) is 2.95. The second kappa shape index (κ2) is 9.86. The number of hydrogen-bond acceptors (Lipinski definition) is 5. The zero-order valence-electron chi connectivity index (χ0n) is 17.5. The molecule has 2 aliphatic rings. The minimum absolute atomic E-state index is 0.713. The molecule has 0 spiro atoms. The lowest BCUT2D eigenvalue weighted by molar-refractivity contribution is 0.305. The van der Waals surface area contributed by atoms with Gasteiger partial charge in [-0.2, -0.15) is 0 Å². The summed E-state index contributed by atoms with van der Waals surface area (Å²) < 4.78 is 8.93. The van der Waals surface area contributed by atoms with Crippen LogP contribution in [0.4, 0.5) is 0 Å². The normalized spacial score (nSPS) is 11.5. The van der Waals surface area contributed by atoms with Gasteiger partial charge in [-0.1, -0.05) is 112 Å². The molecule has 0 N–H and O–H groups in total. The third-order valence-electron chi connectivity index (χ3n) is 5.82. The van der Waals surface area contributed by atoms with Gasteiger partial charge in [0.25, 0.3) is 0 Å². The van der Waals surface area contributed by atoms with Crippen LogP contribution >= 0.6 is 48.9 Å². The molecule has 0 atom stereocenters. The zero-order chi connectivity index (χ0) is 22.0. The maximum atomic E-state index is 6.02. The summed E-state index contributed by atoms with van der Waals surface area (Å²) in [6, 6.07) is 14.0. The third-order valence-corrected chi connectivity index (χ3v) is 7.52. The molecule has 0 radical (unpaired) electrons. The lowest BCUT2D eigenvalue weighted by atomic mass is 10.0. The van der Waals surface area contributed by atoms with Crippen molar-refractivity contribution in [2.45, 2.75) is 45.4 Å². The lowest BCUT2D eigenvalue weighted by Gasteiger charge is -2.09. The molecule has 2 aromatic rings. The van der Waals surface area contributed by atoms with Gasteiger partial charge in [-0.3, -0.25) is 0 Å². The van der Waals surface area contributed by atoms with E-state index in [4.69, 9.17) is 53.6 Å². The van der Waals surface area contributed by atoms with Crippen LogP contribution in [0.5, 0.6) is 5.75 Å². The van der Waals surface area contributed by atoms with Crippen LogP contribution in [-0.4, -0.2) is 6.61 Å². The molecule has 0 bridgehead atoms. The first kappa shape index (κ1) is 22.5. The number of benzene rings is 2. The molecule has 31 heavy (non-hydrogen) atoms. The Hall–Kier alpha value is -1.66. The van der Waals surface area contributed by atoms with Gasteiger partial charge in [0.15, 0.2) is 0 Å². The molecule has 0 heterocycles. The Morgan fingerprint density at radius 1 is 0.613 bits per heavy atom. The van der Waals surface area contributed by atoms with Crippen molar-refractivity contribution in [3.05, 3.63) is 70.9 Å². The van der Waals surface area contributed by atoms with Crippen molar-refractivity contribution >= 4 is 70.4 Å². The minimum Gasteiger partial charge on any atom is -0.494 e. The largest absolute Gasteiger partial charge is 0.494 e. The molecule has 0 fully saturated rings. The first-order valence-electron chi connectivity index (χ1n) is 10.8. The highest BCUT2D eigenvalue weighted by Gasteiger charge is 2.10. The Labute approximate surface area is 203 Å². The van der Waals surface area contributed by atoms with Crippen LogP contribution in [0.3, 0.4) is 0 Å². The fourth-order valence-corrected chi connectivity index (χ4v) is 5.80. The van der Waals surface area contributed by atoms with Crippen LogP contribution in [0.2, 0.25) is 0 Å². The van der Waals surface area contributed by atoms with Crippen LogP contribution < -0.4 is 4.74 Å². The van der Waals surface area contributed by atoms with E-state index in [2.05, 4.69) is 6.92 Å². The predicted molar refractivity (Wildman–Crippen MR) is 141 cm³/mol. The zero-order valence-corrected chi connectivity index (χ0v) is 20.8. The van der Waals surface area contributed by atoms with E-state index in [-0.39, 0.29) is 0 Å². The van der Waals surface area contributed by atoms with E-state index >= 15 is 0 Å². The number of hydrogen-bond donors (Lipinski definition) is 0. The molecule has 0 unspecified atom stereocenters. The highest BCUT2D eigenvalue weighted by Crippen LogP contribution is 2.29. The molecule has 0 aromatic heterocycles. The lowest BCUT2D eigenvalue weighted by Crippen LogP contribution is -1.97. The second-order valence-electron chi connectivity index (χ2n) is 7.94. The van der Waals surface area contributed by atoms with E-state index < -0.39 is 0 Å². The van der Waals surface area contributed by atoms with Gasteiger partial charge in [0.1, 0.15) is 5.75 Å². The van der Waals surface area contributed by atoms with Crippen molar-refractivity contribution in [1.82, 2.24) is 0 Å². The molecule has 2 aliphatic carbocycles. The average Bonchev–Trinajstić information content (AvgIpc) is 2.79. The standard InChI is InChI=1S/C26H24OS4/c1-2-3-4-5-6-9-14-27-16-12-13-19-20(15-16)26(31)22-21(25(19)30)23(28)17-10-7-8-11-18(17)24(22)29/h7-8,10-13,15H,2-6,9,14H2,1H3. The van der Waals surface area contributed by atoms with E-state index in [9.17, 15) is 0 Å². The average molecular weight is 481 g/mol. The number of unbranched alkanes of at least 4 members (excludes halogenated alkanes) is 5. The maximum Gasteiger partial charge on any atom is 0.119 e. The first-order chi connectivity index (χ1) is 15.0. The quantitative estimate of drug-likeness (QED) is 0.183. The summed E-state index contributed by atoms with van der Waals surface area (Å²) in [6.07, 6.45) is 7.43. The molecule has 2 aromatic carbocycles. The van der Waals surface area contributed by atoms with E-state index in [0.29, 0.717) is 11.1 Å². The topological polar surface area (TPSA) is 9.23 Å². The van der Waals surface area contributed by atoms with Gasteiger partial charge in [0, 0.05) is 32.0 Å². The van der Waals surface area contributed by atoms with E-state index in [1.165, 1.54) is 32.1 Å². The summed E-state index contributed by atoms with van der Waals surface area (Å²) in [5.74, 6) is 0.825. The van der Waals surface area contributed by atoms with Crippen molar-refractivity contribution in [2.24, 2.45) is 0 Å². The van der Waals surface area contributed by atoms with Gasteiger partial charge in [0.05, 0.1) is 24.6 Å². The van der Waals surface area contributed by atoms with Crippen LogP contribution in [0, 0.1) is 28.5 Å². The molecule has 4 rings (SSSR count). The second-order valence-corrected chi connectivity index (χ2v) is 9.57. The van der Waals surface area contributed by atoms with Gasteiger partial charge >= 0.3 is 0 Å². The molecule has 0 saturated heterocycles. The summed E-state index contributed by atoms with van der Waals surface area (Å²) in [5.41, 5.74) is 0. The Bertz CT molecular complexity index is 1530. The third kappa shape index (κ3) is 4.34. The maximum absolute atomic E-state index is 6.02. The summed E-state index contributed by atoms with van der Waals surface area (Å²) in [4.78, 5) is 0. The highest BCUT2D eigenvalue weighted by molar-refractivity contribution is 7.73. The van der Waals surface area contributed by atoms with Crippen molar-refractivity contribution in [3.8, 4) is 5.75 Å². The number of rotatable bonds is 8. The summed E-state index contributed by atoms with van der Waals surface area (Å²) >= 11 is 23.4. The van der Waals surface area contributed by atoms with Crippen LogP contribution in [0.15, 0.2) is 42.5 Å². The molecule has 5 heteroatoms. The van der Waals surface area contributed by atoms with Crippen LogP contribution in [0.1, 0.15) is 45.4 Å².